The quantitative estimate of drug-likeness (QED) is 0.647. The Labute approximate surface area is 140 Å². The Morgan fingerprint density at radius 3 is 2.71 bits per heavy atom. The van der Waals surface area contributed by atoms with Crippen molar-refractivity contribution in [3.63, 3.8) is 0 Å². The maximum atomic E-state index is 9.24. The number of methoxy groups -OCH3 is 1. The third kappa shape index (κ3) is 3.87. The van der Waals surface area contributed by atoms with Crippen molar-refractivity contribution in [2.75, 3.05) is 25.6 Å². The fourth-order valence-electron chi connectivity index (χ4n) is 2.45. The molecule has 0 aliphatic rings. The first-order chi connectivity index (χ1) is 11.8. The number of anilines is 1. The molecule has 0 bridgehead atoms. The van der Waals surface area contributed by atoms with Gasteiger partial charge in [-0.2, -0.15) is 0 Å². The summed E-state index contributed by atoms with van der Waals surface area (Å²) in [6.07, 6.45) is 2.63. The average molecular weight is 324 g/mol. The number of fused-ring (bicyclic) bond motifs is 1. The Bertz CT molecular complexity index is 803. The van der Waals surface area contributed by atoms with Crippen LogP contribution in [0.15, 0.2) is 54.7 Å². The number of pyridine rings is 1. The minimum absolute atomic E-state index is 0.237. The van der Waals surface area contributed by atoms with Gasteiger partial charge in [0.25, 0.3) is 0 Å². The first kappa shape index (κ1) is 15.9. The van der Waals surface area contributed by atoms with Crippen molar-refractivity contribution < 1.29 is 14.6 Å². The van der Waals surface area contributed by atoms with E-state index in [1.54, 1.807) is 37.6 Å². The number of benzene rings is 2. The molecule has 5 nitrogen and oxygen atoms in total. The van der Waals surface area contributed by atoms with Crippen LogP contribution in [-0.4, -0.2) is 30.4 Å². The topological polar surface area (TPSA) is 63.6 Å². The number of hydrogen-bond acceptors (Lipinski definition) is 5. The molecule has 1 heterocycles. The molecule has 0 saturated carbocycles. The van der Waals surface area contributed by atoms with E-state index in [-0.39, 0.29) is 5.75 Å². The van der Waals surface area contributed by atoms with Crippen LogP contribution in [0.3, 0.4) is 0 Å². The molecular weight excluding hydrogens is 304 g/mol. The zero-order valence-corrected chi connectivity index (χ0v) is 13.5. The Hall–Kier alpha value is -2.95. The molecule has 0 fully saturated rings. The van der Waals surface area contributed by atoms with Crippen LogP contribution in [0.2, 0.25) is 0 Å². The van der Waals surface area contributed by atoms with Gasteiger partial charge in [-0.15, -0.1) is 0 Å². The number of phenols is 1. The maximum absolute atomic E-state index is 9.24. The molecule has 0 saturated heterocycles. The number of phenolic OH excluding ortho intramolecular Hbond substituents is 1. The molecule has 1 aromatic heterocycles. The third-order valence-corrected chi connectivity index (χ3v) is 3.66. The van der Waals surface area contributed by atoms with Crippen LogP contribution in [0.5, 0.6) is 17.2 Å². The highest BCUT2D eigenvalue weighted by molar-refractivity contribution is 5.91. The van der Waals surface area contributed by atoms with Gasteiger partial charge in [-0.1, -0.05) is 6.07 Å². The standard InChI is InChI=1S/C19H20N2O3/c1-23-17-12-14-4-2-9-21-19(14)18(13-17)20-10-3-11-24-16-7-5-15(22)6-8-16/h2,4-9,12-13,20,22H,3,10-11H2,1H3. The van der Waals surface area contributed by atoms with Crippen molar-refractivity contribution >= 4 is 16.6 Å². The minimum Gasteiger partial charge on any atom is -0.508 e. The summed E-state index contributed by atoms with van der Waals surface area (Å²) in [6.45, 7) is 1.35. The lowest BCUT2D eigenvalue weighted by Crippen LogP contribution is -2.08. The predicted molar refractivity (Wildman–Crippen MR) is 95.0 cm³/mol. The molecule has 0 unspecified atom stereocenters. The Morgan fingerprint density at radius 1 is 1.08 bits per heavy atom. The number of nitrogens with one attached hydrogen (secondary N) is 1. The maximum Gasteiger partial charge on any atom is 0.121 e. The summed E-state index contributed by atoms with van der Waals surface area (Å²) in [7, 11) is 1.66. The molecule has 5 heteroatoms. The first-order valence-corrected chi connectivity index (χ1v) is 7.85. The third-order valence-electron chi connectivity index (χ3n) is 3.66. The highest BCUT2D eigenvalue weighted by Gasteiger charge is 2.05. The molecule has 0 amide bonds. The van der Waals surface area contributed by atoms with Crippen LogP contribution < -0.4 is 14.8 Å². The summed E-state index contributed by atoms with van der Waals surface area (Å²) >= 11 is 0. The molecule has 0 aliphatic carbocycles. The van der Waals surface area contributed by atoms with Gasteiger partial charge in [0.1, 0.15) is 17.2 Å². The van der Waals surface area contributed by atoms with Crippen molar-refractivity contribution in [1.29, 1.82) is 0 Å². The SMILES string of the molecule is COc1cc(NCCCOc2ccc(O)cc2)c2ncccc2c1. The van der Waals surface area contributed by atoms with Crippen LogP contribution in [0.4, 0.5) is 5.69 Å². The van der Waals surface area contributed by atoms with Crippen molar-refractivity contribution in [1.82, 2.24) is 4.98 Å². The lowest BCUT2D eigenvalue weighted by atomic mass is 10.1. The second kappa shape index (κ2) is 7.55. The molecular formula is C19H20N2O3. The van der Waals surface area contributed by atoms with Crippen molar-refractivity contribution in [2.45, 2.75) is 6.42 Å². The molecule has 2 N–H and O–H groups in total. The number of rotatable bonds is 7. The molecule has 0 atom stereocenters. The summed E-state index contributed by atoms with van der Waals surface area (Å²) in [6, 6.07) is 14.6. The smallest absolute Gasteiger partial charge is 0.121 e. The molecule has 0 radical (unpaired) electrons. The summed E-state index contributed by atoms with van der Waals surface area (Å²) in [4.78, 5) is 4.44. The van der Waals surface area contributed by atoms with Gasteiger partial charge in [0, 0.05) is 24.2 Å². The van der Waals surface area contributed by atoms with E-state index < -0.39 is 0 Å². The first-order valence-electron chi connectivity index (χ1n) is 7.85. The van der Waals surface area contributed by atoms with Crippen LogP contribution in [0.1, 0.15) is 6.42 Å². The van der Waals surface area contributed by atoms with E-state index in [1.807, 2.05) is 24.3 Å². The minimum atomic E-state index is 0.237. The van der Waals surface area contributed by atoms with Crippen molar-refractivity contribution in [3.05, 3.63) is 54.7 Å². The molecule has 0 spiro atoms. The number of aromatic hydroxyl groups is 1. The zero-order valence-electron chi connectivity index (χ0n) is 13.5. The summed E-state index contributed by atoms with van der Waals surface area (Å²) in [5.74, 6) is 1.79. The predicted octanol–water partition coefficient (Wildman–Crippen LogP) is 3.83. The Balaban J connectivity index is 1.56. The van der Waals surface area contributed by atoms with Gasteiger partial charge in [0.15, 0.2) is 0 Å². The van der Waals surface area contributed by atoms with E-state index >= 15 is 0 Å². The highest BCUT2D eigenvalue weighted by Crippen LogP contribution is 2.27. The van der Waals surface area contributed by atoms with Crippen LogP contribution in [0, 0.1) is 0 Å². The second-order valence-corrected chi connectivity index (χ2v) is 5.37. The monoisotopic (exact) mass is 324 g/mol. The van der Waals surface area contributed by atoms with Crippen LogP contribution in [0.25, 0.3) is 10.9 Å². The van der Waals surface area contributed by atoms with E-state index in [9.17, 15) is 5.11 Å². The number of ether oxygens (including phenoxy) is 2. The number of hydrogen-bond donors (Lipinski definition) is 2. The van der Waals surface area contributed by atoms with Gasteiger partial charge in [-0.3, -0.25) is 4.98 Å². The van der Waals surface area contributed by atoms with Gasteiger partial charge in [-0.05, 0) is 42.8 Å². The highest BCUT2D eigenvalue weighted by atomic mass is 16.5. The van der Waals surface area contributed by atoms with Gasteiger partial charge in [0.2, 0.25) is 0 Å². The summed E-state index contributed by atoms with van der Waals surface area (Å²) < 4.78 is 11.0. The number of nitrogens with zero attached hydrogens (tertiary/aromatic N) is 1. The van der Waals surface area contributed by atoms with Gasteiger partial charge < -0.3 is 19.9 Å². The van der Waals surface area contributed by atoms with E-state index in [2.05, 4.69) is 10.3 Å². The molecule has 124 valence electrons. The van der Waals surface area contributed by atoms with Crippen molar-refractivity contribution in [3.8, 4) is 17.2 Å². The Morgan fingerprint density at radius 2 is 1.92 bits per heavy atom. The van der Waals surface area contributed by atoms with Gasteiger partial charge in [-0.25, -0.2) is 0 Å². The zero-order chi connectivity index (χ0) is 16.8. The lowest BCUT2D eigenvalue weighted by Gasteiger charge is -2.12. The number of aromatic nitrogens is 1. The van der Waals surface area contributed by atoms with Crippen LogP contribution >= 0.6 is 0 Å². The molecule has 24 heavy (non-hydrogen) atoms. The van der Waals surface area contributed by atoms with E-state index in [0.29, 0.717) is 6.61 Å². The Kier molecular flexibility index (Phi) is 5.01. The summed E-state index contributed by atoms with van der Waals surface area (Å²) in [5.41, 5.74) is 1.88. The summed E-state index contributed by atoms with van der Waals surface area (Å²) in [5, 5.41) is 13.7. The fourth-order valence-corrected chi connectivity index (χ4v) is 2.45. The second-order valence-electron chi connectivity index (χ2n) is 5.37. The van der Waals surface area contributed by atoms with Crippen molar-refractivity contribution in [2.24, 2.45) is 0 Å². The lowest BCUT2D eigenvalue weighted by molar-refractivity contribution is 0.314. The average Bonchev–Trinajstić information content (AvgIpc) is 2.62. The van der Waals surface area contributed by atoms with Gasteiger partial charge >= 0.3 is 0 Å². The van der Waals surface area contributed by atoms with E-state index in [4.69, 9.17) is 9.47 Å². The molecule has 2 aromatic carbocycles. The molecule has 3 aromatic rings. The van der Waals surface area contributed by atoms with E-state index in [0.717, 1.165) is 41.1 Å². The van der Waals surface area contributed by atoms with Gasteiger partial charge in [0.05, 0.1) is 24.9 Å². The molecule has 3 rings (SSSR count). The fraction of sp³-hybridized carbons (Fsp3) is 0.211. The van der Waals surface area contributed by atoms with Crippen LogP contribution in [-0.2, 0) is 0 Å². The largest absolute Gasteiger partial charge is 0.508 e. The van der Waals surface area contributed by atoms with E-state index in [1.165, 1.54) is 0 Å². The molecule has 0 aliphatic heterocycles. The normalized spacial score (nSPS) is 10.5.